The van der Waals surface area contributed by atoms with Crippen LogP contribution in [0.1, 0.15) is 17.5 Å². The van der Waals surface area contributed by atoms with Gasteiger partial charge in [-0.15, -0.1) is 5.10 Å². The Morgan fingerprint density at radius 3 is 2.63 bits per heavy atom. The number of nitrogens with zero attached hydrogens (tertiary/aromatic N) is 5. The van der Waals surface area contributed by atoms with Crippen molar-refractivity contribution >= 4 is 0 Å². The van der Waals surface area contributed by atoms with Crippen LogP contribution in [0.15, 0.2) is 48.8 Å². The molecule has 2 heterocycles. The Kier molecular flexibility index (Phi) is 2.85. The highest BCUT2D eigenvalue weighted by molar-refractivity contribution is 5.33. The van der Waals surface area contributed by atoms with E-state index >= 15 is 0 Å². The minimum absolute atomic E-state index is 0.571. The van der Waals surface area contributed by atoms with Crippen LogP contribution in [0.25, 0.3) is 5.69 Å². The normalized spacial score (nSPS) is 12.5. The second-order valence-corrected chi connectivity index (χ2v) is 4.22. The van der Waals surface area contributed by atoms with Gasteiger partial charge in [-0.05, 0) is 18.2 Å². The first-order valence-corrected chi connectivity index (χ1v) is 5.89. The standard InChI is InChI=1S/C13H13N5O/c1-17-8-7-11(15-17)13(19)12-9-14-16-18(12)10-5-3-2-4-6-10/h2-9,13,19H,1H3. The molecule has 6 nitrogen and oxygen atoms in total. The van der Waals surface area contributed by atoms with Crippen molar-refractivity contribution in [1.29, 1.82) is 0 Å². The van der Waals surface area contributed by atoms with Crippen LogP contribution in [0.4, 0.5) is 0 Å². The first-order chi connectivity index (χ1) is 9.25. The first-order valence-electron chi connectivity index (χ1n) is 5.89. The van der Waals surface area contributed by atoms with E-state index in [0.29, 0.717) is 11.4 Å². The molecule has 6 heteroatoms. The average Bonchev–Trinajstić information content (AvgIpc) is 3.07. The zero-order valence-electron chi connectivity index (χ0n) is 10.4. The maximum Gasteiger partial charge on any atom is 0.141 e. The van der Waals surface area contributed by atoms with Gasteiger partial charge in [0.05, 0.1) is 23.3 Å². The largest absolute Gasteiger partial charge is 0.380 e. The quantitative estimate of drug-likeness (QED) is 0.760. The summed E-state index contributed by atoms with van der Waals surface area (Å²) >= 11 is 0. The van der Waals surface area contributed by atoms with E-state index < -0.39 is 6.10 Å². The lowest BCUT2D eigenvalue weighted by Gasteiger charge is -2.10. The van der Waals surface area contributed by atoms with Crippen molar-refractivity contribution in [2.75, 3.05) is 0 Å². The van der Waals surface area contributed by atoms with E-state index in [-0.39, 0.29) is 0 Å². The monoisotopic (exact) mass is 255 g/mol. The van der Waals surface area contributed by atoms with Crippen molar-refractivity contribution in [3.05, 3.63) is 60.2 Å². The molecular weight excluding hydrogens is 242 g/mol. The van der Waals surface area contributed by atoms with Crippen LogP contribution in [0.3, 0.4) is 0 Å². The number of benzene rings is 1. The molecule has 0 amide bonds. The number of aryl methyl sites for hydroxylation is 1. The summed E-state index contributed by atoms with van der Waals surface area (Å²) in [5, 5.41) is 22.4. The Labute approximate surface area is 109 Å². The van der Waals surface area contributed by atoms with E-state index in [0.717, 1.165) is 5.69 Å². The van der Waals surface area contributed by atoms with Gasteiger partial charge in [-0.1, -0.05) is 23.4 Å². The number of aliphatic hydroxyl groups excluding tert-OH is 1. The van der Waals surface area contributed by atoms with Gasteiger partial charge in [0.1, 0.15) is 6.10 Å². The molecule has 0 saturated carbocycles. The number of hydrogen-bond acceptors (Lipinski definition) is 4. The van der Waals surface area contributed by atoms with Gasteiger partial charge in [-0.3, -0.25) is 4.68 Å². The van der Waals surface area contributed by atoms with E-state index in [2.05, 4.69) is 15.4 Å². The molecule has 0 spiro atoms. The van der Waals surface area contributed by atoms with Crippen molar-refractivity contribution in [2.45, 2.75) is 6.10 Å². The minimum atomic E-state index is -0.851. The van der Waals surface area contributed by atoms with Gasteiger partial charge in [0, 0.05) is 13.2 Å². The SMILES string of the molecule is Cn1ccc(C(O)c2cnnn2-c2ccccc2)n1. The molecular formula is C13H13N5O. The highest BCUT2D eigenvalue weighted by Crippen LogP contribution is 2.21. The molecule has 0 fully saturated rings. The molecule has 1 unspecified atom stereocenters. The molecule has 0 bridgehead atoms. The Balaban J connectivity index is 2.01. The van der Waals surface area contributed by atoms with E-state index in [9.17, 15) is 5.11 Å². The Bertz CT molecular complexity index is 673. The van der Waals surface area contributed by atoms with Crippen molar-refractivity contribution in [3.8, 4) is 5.69 Å². The lowest BCUT2D eigenvalue weighted by atomic mass is 10.2. The molecule has 96 valence electrons. The third-order valence-electron chi connectivity index (χ3n) is 2.87. The molecule has 0 saturated heterocycles. The summed E-state index contributed by atoms with van der Waals surface area (Å²) in [4.78, 5) is 0. The molecule has 19 heavy (non-hydrogen) atoms. The maximum atomic E-state index is 10.4. The van der Waals surface area contributed by atoms with Gasteiger partial charge in [0.2, 0.25) is 0 Å². The second kappa shape index (κ2) is 4.66. The molecule has 1 aromatic carbocycles. The fourth-order valence-electron chi connectivity index (χ4n) is 1.93. The third kappa shape index (κ3) is 2.13. The van der Waals surface area contributed by atoms with Gasteiger partial charge >= 0.3 is 0 Å². The zero-order valence-corrected chi connectivity index (χ0v) is 10.4. The molecule has 2 aromatic heterocycles. The van der Waals surface area contributed by atoms with Gasteiger partial charge in [0.15, 0.2) is 0 Å². The number of para-hydroxylation sites is 1. The molecule has 1 N–H and O–H groups in total. The molecule has 3 aromatic rings. The second-order valence-electron chi connectivity index (χ2n) is 4.22. The Morgan fingerprint density at radius 1 is 1.16 bits per heavy atom. The number of rotatable bonds is 3. The summed E-state index contributed by atoms with van der Waals surface area (Å²) in [6.07, 6.45) is 2.48. The zero-order chi connectivity index (χ0) is 13.2. The van der Waals surface area contributed by atoms with E-state index in [1.165, 1.54) is 0 Å². The Hall–Kier alpha value is -2.47. The van der Waals surface area contributed by atoms with E-state index in [4.69, 9.17) is 0 Å². The number of aliphatic hydroxyl groups is 1. The van der Waals surface area contributed by atoms with E-state index in [1.54, 1.807) is 27.8 Å². The average molecular weight is 255 g/mol. The summed E-state index contributed by atoms with van der Waals surface area (Å²) in [6, 6.07) is 11.3. The predicted molar refractivity (Wildman–Crippen MR) is 68.6 cm³/mol. The smallest absolute Gasteiger partial charge is 0.141 e. The number of aromatic nitrogens is 5. The van der Waals surface area contributed by atoms with Crippen LogP contribution in [0, 0.1) is 0 Å². The molecule has 1 atom stereocenters. The van der Waals surface area contributed by atoms with Crippen molar-refractivity contribution < 1.29 is 5.11 Å². The van der Waals surface area contributed by atoms with Gasteiger partial charge < -0.3 is 5.11 Å². The fourth-order valence-corrected chi connectivity index (χ4v) is 1.93. The third-order valence-corrected chi connectivity index (χ3v) is 2.87. The summed E-state index contributed by atoms with van der Waals surface area (Å²) in [7, 11) is 1.81. The van der Waals surface area contributed by atoms with E-state index in [1.807, 2.05) is 37.4 Å². The minimum Gasteiger partial charge on any atom is -0.380 e. The van der Waals surface area contributed by atoms with Gasteiger partial charge in [-0.2, -0.15) is 5.10 Å². The van der Waals surface area contributed by atoms with Crippen LogP contribution in [0.2, 0.25) is 0 Å². The summed E-state index contributed by atoms with van der Waals surface area (Å²) < 4.78 is 3.26. The van der Waals surface area contributed by atoms with Gasteiger partial charge in [-0.25, -0.2) is 4.68 Å². The molecule has 0 aliphatic carbocycles. The molecule has 0 radical (unpaired) electrons. The lowest BCUT2D eigenvalue weighted by molar-refractivity contribution is 0.206. The van der Waals surface area contributed by atoms with Crippen molar-refractivity contribution in [2.24, 2.45) is 7.05 Å². The van der Waals surface area contributed by atoms with Crippen LogP contribution in [-0.4, -0.2) is 29.9 Å². The predicted octanol–water partition coefficient (Wildman–Crippen LogP) is 1.08. The number of hydrogen-bond donors (Lipinski definition) is 1. The first kappa shape index (κ1) is 11.6. The molecule has 3 rings (SSSR count). The van der Waals surface area contributed by atoms with Crippen LogP contribution in [0.5, 0.6) is 0 Å². The maximum absolute atomic E-state index is 10.4. The summed E-state index contributed by atoms with van der Waals surface area (Å²) in [6.45, 7) is 0. The van der Waals surface area contributed by atoms with Crippen molar-refractivity contribution in [3.63, 3.8) is 0 Å². The highest BCUT2D eigenvalue weighted by atomic mass is 16.3. The Morgan fingerprint density at radius 2 is 1.95 bits per heavy atom. The van der Waals surface area contributed by atoms with Crippen LogP contribution < -0.4 is 0 Å². The molecule has 0 aliphatic rings. The topological polar surface area (TPSA) is 68.8 Å². The molecule has 0 aliphatic heterocycles. The highest BCUT2D eigenvalue weighted by Gasteiger charge is 2.19. The van der Waals surface area contributed by atoms with Crippen LogP contribution in [-0.2, 0) is 7.05 Å². The van der Waals surface area contributed by atoms with Crippen LogP contribution >= 0.6 is 0 Å². The van der Waals surface area contributed by atoms with Gasteiger partial charge in [0.25, 0.3) is 0 Å². The van der Waals surface area contributed by atoms with Crippen molar-refractivity contribution in [1.82, 2.24) is 24.8 Å². The fraction of sp³-hybridized carbons (Fsp3) is 0.154. The summed E-state index contributed by atoms with van der Waals surface area (Å²) in [5.41, 5.74) is 2.01. The summed E-state index contributed by atoms with van der Waals surface area (Å²) in [5.74, 6) is 0. The lowest BCUT2D eigenvalue weighted by Crippen LogP contribution is -2.09.